The molecule has 1 aromatic heterocycles. The lowest BCUT2D eigenvalue weighted by Gasteiger charge is -2.17. The second-order valence-corrected chi connectivity index (χ2v) is 4.41. The van der Waals surface area contributed by atoms with Crippen molar-refractivity contribution in [1.29, 1.82) is 0 Å². The van der Waals surface area contributed by atoms with Crippen molar-refractivity contribution in [1.82, 2.24) is 10.3 Å². The fourth-order valence-electron chi connectivity index (χ4n) is 1.72. The number of carbonyl (C=O) groups is 1. The van der Waals surface area contributed by atoms with Crippen LogP contribution in [0.2, 0.25) is 0 Å². The van der Waals surface area contributed by atoms with Gasteiger partial charge < -0.3 is 20.7 Å². The number of amides is 1. The maximum Gasteiger partial charge on any atom is 0.231 e. The predicted molar refractivity (Wildman–Crippen MR) is 69.6 cm³/mol. The Morgan fingerprint density at radius 1 is 1.68 bits per heavy atom. The number of hydrogen-bond donors (Lipinski definition) is 3. The van der Waals surface area contributed by atoms with Gasteiger partial charge in [0.25, 0.3) is 0 Å². The molecule has 0 radical (unpaired) electrons. The van der Waals surface area contributed by atoms with Gasteiger partial charge in [0.2, 0.25) is 11.8 Å². The quantitative estimate of drug-likeness (QED) is 0.311. The highest BCUT2D eigenvalue weighted by Crippen LogP contribution is 2.14. The maximum atomic E-state index is 12.1. The molecule has 4 N–H and O–H groups in total. The minimum atomic E-state index is -0.645. The van der Waals surface area contributed by atoms with Gasteiger partial charge in [-0.25, -0.2) is 4.98 Å². The number of oxime groups is 1. The first kappa shape index (κ1) is 15.0. The first-order chi connectivity index (χ1) is 8.99. The Labute approximate surface area is 111 Å². The molecule has 0 aromatic carbocycles. The third-order valence-electron chi connectivity index (χ3n) is 2.73. The van der Waals surface area contributed by atoms with Crippen molar-refractivity contribution in [2.75, 3.05) is 0 Å². The summed E-state index contributed by atoms with van der Waals surface area (Å²) in [6, 6.07) is -0.368. The average Bonchev–Trinajstić information content (AvgIpc) is 2.81. The molecule has 0 aliphatic rings. The summed E-state index contributed by atoms with van der Waals surface area (Å²) in [5, 5.41) is 14.3. The molecule has 0 bridgehead atoms. The van der Waals surface area contributed by atoms with Gasteiger partial charge in [0.05, 0.1) is 12.1 Å². The van der Waals surface area contributed by atoms with Crippen molar-refractivity contribution in [3.63, 3.8) is 0 Å². The first-order valence-electron chi connectivity index (χ1n) is 6.19. The highest BCUT2D eigenvalue weighted by atomic mass is 16.4. The van der Waals surface area contributed by atoms with Gasteiger partial charge in [-0.15, -0.1) is 0 Å². The van der Waals surface area contributed by atoms with E-state index in [1.165, 1.54) is 0 Å². The minimum absolute atomic E-state index is 0.0878. The number of oxazole rings is 1. The molecule has 0 aliphatic carbocycles. The first-order valence-corrected chi connectivity index (χ1v) is 6.19. The number of hydrogen-bond acceptors (Lipinski definition) is 5. The van der Waals surface area contributed by atoms with Crippen molar-refractivity contribution in [3.8, 4) is 0 Å². The Kier molecular flexibility index (Phi) is 5.35. The van der Waals surface area contributed by atoms with E-state index in [4.69, 9.17) is 15.4 Å². The molecule has 1 rings (SSSR count). The smallest absolute Gasteiger partial charge is 0.231 e. The number of aromatic nitrogens is 1. The summed E-state index contributed by atoms with van der Waals surface area (Å²) in [6.45, 7) is 5.46. The van der Waals surface area contributed by atoms with Crippen LogP contribution in [0.15, 0.2) is 15.8 Å². The average molecular weight is 268 g/mol. The molecule has 1 aromatic rings. The van der Waals surface area contributed by atoms with E-state index in [0.717, 1.165) is 6.42 Å². The molecule has 7 heteroatoms. The van der Waals surface area contributed by atoms with E-state index >= 15 is 0 Å². The van der Waals surface area contributed by atoms with Gasteiger partial charge in [-0.1, -0.05) is 18.5 Å². The van der Waals surface area contributed by atoms with Crippen LogP contribution in [-0.4, -0.2) is 21.9 Å². The van der Waals surface area contributed by atoms with Crippen LogP contribution in [0.1, 0.15) is 44.4 Å². The van der Waals surface area contributed by atoms with Crippen LogP contribution in [0.25, 0.3) is 0 Å². The molecule has 0 spiro atoms. The predicted octanol–water partition coefficient (Wildman–Crippen LogP) is 1.32. The number of carbonyl (C=O) groups excluding carboxylic acids is 1. The molecule has 19 heavy (non-hydrogen) atoms. The number of rotatable bonds is 6. The Balaban J connectivity index is 2.71. The third kappa shape index (κ3) is 3.97. The lowest BCUT2D eigenvalue weighted by atomic mass is 10.0. The molecular formula is C12H20N4O3. The van der Waals surface area contributed by atoms with E-state index in [-0.39, 0.29) is 17.8 Å². The summed E-state index contributed by atoms with van der Waals surface area (Å²) in [6.07, 6.45) is 2.85. The van der Waals surface area contributed by atoms with Gasteiger partial charge in [-0.2, -0.15) is 0 Å². The molecule has 2 atom stereocenters. The van der Waals surface area contributed by atoms with Crippen molar-refractivity contribution < 1.29 is 14.4 Å². The molecule has 1 amide bonds. The molecule has 0 aliphatic heterocycles. The van der Waals surface area contributed by atoms with Crippen molar-refractivity contribution in [2.45, 2.75) is 39.7 Å². The summed E-state index contributed by atoms with van der Waals surface area (Å²) in [5.74, 6) is 0.0717. The third-order valence-corrected chi connectivity index (χ3v) is 2.73. The second-order valence-electron chi connectivity index (χ2n) is 4.41. The van der Waals surface area contributed by atoms with Crippen molar-refractivity contribution in [2.24, 2.45) is 16.8 Å². The summed E-state index contributed by atoms with van der Waals surface area (Å²) in [7, 11) is 0. The van der Waals surface area contributed by atoms with Crippen LogP contribution in [0, 0.1) is 12.8 Å². The van der Waals surface area contributed by atoms with Gasteiger partial charge in [0.1, 0.15) is 11.8 Å². The van der Waals surface area contributed by atoms with Gasteiger partial charge in [-0.3, -0.25) is 4.79 Å². The van der Waals surface area contributed by atoms with Gasteiger partial charge in [0.15, 0.2) is 5.84 Å². The summed E-state index contributed by atoms with van der Waals surface area (Å²) < 4.78 is 5.34. The van der Waals surface area contributed by atoms with E-state index in [1.54, 1.807) is 20.0 Å². The lowest BCUT2D eigenvalue weighted by Crippen LogP contribution is -2.40. The molecule has 0 fully saturated rings. The van der Waals surface area contributed by atoms with E-state index < -0.39 is 5.92 Å². The van der Waals surface area contributed by atoms with Gasteiger partial charge in [-0.05, 0) is 20.3 Å². The van der Waals surface area contributed by atoms with Gasteiger partial charge >= 0.3 is 0 Å². The Morgan fingerprint density at radius 2 is 2.37 bits per heavy atom. The topological polar surface area (TPSA) is 114 Å². The Morgan fingerprint density at radius 3 is 2.84 bits per heavy atom. The summed E-state index contributed by atoms with van der Waals surface area (Å²) in [5.41, 5.74) is 5.52. The lowest BCUT2D eigenvalue weighted by molar-refractivity contribution is -0.124. The molecule has 2 unspecified atom stereocenters. The number of nitrogens with two attached hydrogens (primary N) is 1. The van der Waals surface area contributed by atoms with E-state index in [0.29, 0.717) is 18.1 Å². The Bertz CT molecular complexity index is 456. The maximum absolute atomic E-state index is 12.1. The fraction of sp³-hybridized carbons (Fsp3) is 0.583. The van der Waals surface area contributed by atoms with Crippen LogP contribution in [-0.2, 0) is 4.79 Å². The fourth-order valence-corrected chi connectivity index (χ4v) is 1.72. The van der Waals surface area contributed by atoms with Crippen LogP contribution < -0.4 is 11.1 Å². The van der Waals surface area contributed by atoms with E-state index in [9.17, 15) is 4.79 Å². The van der Waals surface area contributed by atoms with Crippen LogP contribution in [0.5, 0.6) is 0 Å². The molecule has 0 saturated heterocycles. The molecule has 1 heterocycles. The van der Waals surface area contributed by atoms with Crippen LogP contribution >= 0.6 is 0 Å². The van der Waals surface area contributed by atoms with E-state index in [2.05, 4.69) is 15.5 Å². The van der Waals surface area contributed by atoms with Crippen LogP contribution in [0.3, 0.4) is 0 Å². The van der Waals surface area contributed by atoms with Crippen molar-refractivity contribution >= 4 is 11.7 Å². The molecular weight excluding hydrogens is 248 g/mol. The minimum Gasteiger partial charge on any atom is -0.444 e. The number of nitrogens with zero attached hydrogens (tertiary/aromatic N) is 2. The molecule has 106 valence electrons. The number of nitrogens with one attached hydrogen (secondary N) is 1. The van der Waals surface area contributed by atoms with E-state index in [1.807, 2.05) is 6.92 Å². The SMILES string of the molecule is CCCC(C(=O)NC(C)c1ncc(C)o1)/C(N)=N/O. The largest absolute Gasteiger partial charge is 0.444 e. The second kappa shape index (κ2) is 6.77. The zero-order valence-corrected chi connectivity index (χ0v) is 11.4. The standard InChI is InChI=1S/C12H20N4O3/c1-4-5-9(10(13)16-18)11(17)15-8(3)12-14-6-7(2)19-12/h6,8-9,18H,4-5H2,1-3H3,(H2,13,16)(H,15,17). The number of amidine groups is 1. The molecule has 7 nitrogen and oxygen atoms in total. The number of aryl methyl sites for hydroxylation is 1. The Hall–Kier alpha value is -2.05. The zero-order valence-electron chi connectivity index (χ0n) is 11.4. The monoisotopic (exact) mass is 268 g/mol. The zero-order chi connectivity index (χ0) is 14.4. The molecule has 0 saturated carbocycles. The summed E-state index contributed by atoms with van der Waals surface area (Å²) >= 11 is 0. The van der Waals surface area contributed by atoms with Gasteiger partial charge in [0, 0.05) is 0 Å². The van der Waals surface area contributed by atoms with Crippen LogP contribution in [0.4, 0.5) is 0 Å². The highest BCUT2D eigenvalue weighted by Gasteiger charge is 2.25. The normalized spacial score (nSPS) is 15.0. The summed E-state index contributed by atoms with van der Waals surface area (Å²) in [4.78, 5) is 16.1. The highest BCUT2D eigenvalue weighted by molar-refractivity contribution is 6.02. The van der Waals surface area contributed by atoms with Crippen molar-refractivity contribution in [3.05, 3.63) is 17.8 Å².